The average Bonchev–Trinajstić information content (AvgIpc) is 3.27. The average molecular weight is 297 g/mol. The molecule has 0 bridgehead atoms. The molecular weight excluding hydrogens is 282 g/mol. The van der Waals surface area contributed by atoms with Crippen molar-refractivity contribution >= 4 is 0 Å². The number of hydrogen-bond acceptors (Lipinski definition) is 6. The normalized spacial score (nSPS) is 18.0. The van der Waals surface area contributed by atoms with Gasteiger partial charge >= 0.3 is 0 Å². The molecule has 4 rings (SSSR count). The maximum atomic E-state index is 5.52. The minimum Gasteiger partial charge on any atom is -0.443 e. The van der Waals surface area contributed by atoms with Crippen molar-refractivity contribution < 1.29 is 13.7 Å². The first kappa shape index (κ1) is 13.2. The van der Waals surface area contributed by atoms with Gasteiger partial charge in [0.1, 0.15) is 0 Å². The van der Waals surface area contributed by atoms with Gasteiger partial charge in [0.15, 0.2) is 23.7 Å². The summed E-state index contributed by atoms with van der Waals surface area (Å²) in [4.78, 5) is 8.69. The quantitative estimate of drug-likeness (QED) is 0.739. The van der Waals surface area contributed by atoms with Crippen LogP contribution in [0.15, 0.2) is 39.6 Å². The molecule has 0 saturated carbocycles. The molecule has 1 saturated heterocycles. The van der Waals surface area contributed by atoms with Crippen molar-refractivity contribution in [3.05, 3.63) is 42.0 Å². The molecule has 22 heavy (non-hydrogen) atoms. The zero-order valence-electron chi connectivity index (χ0n) is 12.2. The van der Waals surface area contributed by atoms with Crippen LogP contribution in [0.4, 0.5) is 0 Å². The number of ether oxygens (including phenoxy) is 1. The second-order valence-electron chi connectivity index (χ2n) is 5.41. The summed E-state index contributed by atoms with van der Waals surface area (Å²) < 4.78 is 16.2. The molecule has 0 amide bonds. The highest BCUT2D eigenvalue weighted by Gasteiger charge is 2.25. The van der Waals surface area contributed by atoms with E-state index in [1.165, 1.54) is 12.0 Å². The molecular formula is C16H15N3O3. The lowest BCUT2D eigenvalue weighted by Crippen LogP contribution is -1.99. The number of aryl methyl sites for hydroxylation is 1. The van der Waals surface area contributed by atoms with E-state index < -0.39 is 0 Å². The molecule has 112 valence electrons. The first-order valence-electron chi connectivity index (χ1n) is 7.23. The lowest BCUT2D eigenvalue weighted by molar-refractivity contribution is 0.192. The second-order valence-corrected chi connectivity index (χ2v) is 5.41. The Hall–Kier alpha value is -2.47. The van der Waals surface area contributed by atoms with Gasteiger partial charge in [0.2, 0.25) is 0 Å². The summed E-state index contributed by atoms with van der Waals surface area (Å²) in [6, 6.07) is 8.02. The van der Waals surface area contributed by atoms with Crippen LogP contribution in [0.5, 0.6) is 0 Å². The highest BCUT2D eigenvalue weighted by molar-refractivity contribution is 5.72. The lowest BCUT2D eigenvalue weighted by atomic mass is 10.1. The Morgan fingerprint density at radius 3 is 2.82 bits per heavy atom. The van der Waals surface area contributed by atoms with Gasteiger partial charge < -0.3 is 13.7 Å². The van der Waals surface area contributed by atoms with E-state index in [0.29, 0.717) is 29.8 Å². The van der Waals surface area contributed by atoms with Crippen LogP contribution in [-0.2, 0) is 4.74 Å². The first-order valence-corrected chi connectivity index (χ1v) is 7.23. The van der Waals surface area contributed by atoms with Crippen LogP contribution in [0, 0.1) is 6.92 Å². The number of benzene rings is 1. The van der Waals surface area contributed by atoms with Gasteiger partial charge in [0.05, 0.1) is 6.61 Å². The van der Waals surface area contributed by atoms with Crippen LogP contribution in [0.1, 0.15) is 23.7 Å². The van der Waals surface area contributed by atoms with Gasteiger partial charge in [-0.2, -0.15) is 4.98 Å². The third-order valence-corrected chi connectivity index (χ3v) is 3.82. The predicted octanol–water partition coefficient (Wildman–Crippen LogP) is 3.20. The first-order chi connectivity index (χ1) is 10.8. The summed E-state index contributed by atoms with van der Waals surface area (Å²) in [7, 11) is 0. The molecule has 3 heterocycles. The van der Waals surface area contributed by atoms with E-state index in [-0.39, 0.29) is 5.92 Å². The van der Waals surface area contributed by atoms with Crippen molar-refractivity contribution in [2.24, 2.45) is 0 Å². The molecule has 6 nitrogen and oxygen atoms in total. The topological polar surface area (TPSA) is 74.2 Å². The fourth-order valence-electron chi connectivity index (χ4n) is 2.54. The summed E-state index contributed by atoms with van der Waals surface area (Å²) in [6.45, 7) is 3.43. The van der Waals surface area contributed by atoms with Crippen molar-refractivity contribution in [2.45, 2.75) is 19.3 Å². The zero-order valence-corrected chi connectivity index (χ0v) is 12.2. The standard InChI is InChI=1S/C16H15N3O3/c1-10-2-4-11(5-3-10)14-13(17-9-21-14)16-18-15(19-22-16)12-6-7-20-8-12/h2-5,9,12H,6-8H2,1H3. The van der Waals surface area contributed by atoms with Crippen molar-refractivity contribution in [3.63, 3.8) is 0 Å². The third-order valence-electron chi connectivity index (χ3n) is 3.82. The largest absolute Gasteiger partial charge is 0.443 e. The summed E-state index contributed by atoms with van der Waals surface area (Å²) >= 11 is 0. The Labute approximate surface area is 127 Å². The summed E-state index contributed by atoms with van der Waals surface area (Å²) in [5, 5.41) is 4.06. The highest BCUT2D eigenvalue weighted by atomic mass is 16.5. The van der Waals surface area contributed by atoms with Gasteiger partial charge in [-0.25, -0.2) is 4.98 Å². The fourth-order valence-corrected chi connectivity index (χ4v) is 2.54. The summed E-state index contributed by atoms with van der Waals surface area (Å²) in [5.74, 6) is 1.89. The van der Waals surface area contributed by atoms with E-state index in [1.54, 1.807) is 0 Å². The Morgan fingerprint density at radius 1 is 1.18 bits per heavy atom. The smallest absolute Gasteiger partial charge is 0.280 e. The van der Waals surface area contributed by atoms with Crippen molar-refractivity contribution in [1.82, 2.24) is 15.1 Å². The van der Waals surface area contributed by atoms with Crippen LogP contribution in [0.2, 0.25) is 0 Å². The van der Waals surface area contributed by atoms with Crippen molar-refractivity contribution in [1.29, 1.82) is 0 Å². The van der Waals surface area contributed by atoms with Gasteiger partial charge in [-0.05, 0) is 13.3 Å². The van der Waals surface area contributed by atoms with Crippen LogP contribution >= 0.6 is 0 Å². The minimum absolute atomic E-state index is 0.201. The number of nitrogens with zero attached hydrogens (tertiary/aromatic N) is 3. The lowest BCUT2D eigenvalue weighted by Gasteiger charge is -1.99. The molecule has 1 aliphatic rings. The molecule has 3 aromatic rings. The Bertz CT molecular complexity index is 770. The molecule has 0 N–H and O–H groups in total. The molecule has 2 aromatic heterocycles. The summed E-state index contributed by atoms with van der Waals surface area (Å²) in [5.41, 5.74) is 2.69. The SMILES string of the molecule is Cc1ccc(-c2ocnc2-c2nc(C3CCOC3)no2)cc1. The zero-order chi connectivity index (χ0) is 14.9. The second kappa shape index (κ2) is 5.38. The van der Waals surface area contributed by atoms with E-state index in [0.717, 1.165) is 18.6 Å². The van der Waals surface area contributed by atoms with Gasteiger partial charge in [0.25, 0.3) is 5.89 Å². The van der Waals surface area contributed by atoms with E-state index in [4.69, 9.17) is 13.7 Å². The van der Waals surface area contributed by atoms with Gasteiger partial charge in [-0.3, -0.25) is 0 Å². The monoisotopic (exact) mass is 297 g/mol. The fraction of sp³-hybridized carbons (Fsp3) is 0.312. The van der Waals surface area contributed by atoms with E-state index in [9.17, 15) is 0 Å². The molecule has 1 aliphatic heterocycles. The van der Waals surface area contributed by atoms with Crippen LogP contribution < -0.4 is 0 Å². The van der Waals surface area contributed by atoms with Crippen LogP contribution in [-0.4, -0.2) is 28.3 Å². The van der Waals surface area contributed by atoms with Crippen molar-refractivity contribution in [2.75, 3.05) is 13.2 Å². The molecule has 0 radical (unpaired) electrons. The molecule has 6 heteroatoms. The molecule has 1 aromatic carbocycles. The maximum Gasteiger partial charge on any atom is 0.280 e. The molecule has 1 unspecified atom stereocenters. The van der Waals surface area contributed by atoms with E-state index in [1.807, 2.05) is 31.2 Å². The van der Waals surface area contributed by atoms with E-state index in [2.05, 4.69) is 15.1 Å². The van der Waals surface area contributed by atoms with Gasteiger partial charge in [-0.1, -0.05) is 35.0 Å². The minimum atomic E-state index is 0.201. The molecule has 1 atom stereocenters. The number of aromatic nitrogens is 3. The summed E-state index contributed by atoms with van der Waals surface area (Å²) in [6.07, 6.45) is 2.32. The Morgan fingerprint density at radius 2 is 2.05 bits per heavy atom. The third kappa shape index (κ3) is 2.31. The number of oxazole rings is 1. The molecule has 0 spiro atoms. The Balaban J connectivity index is 1.69. The maximum absolute atomic E-state index is 5.52. The number of rotatable bonds is 3. The molecule has 1 fully saturated rings. The molecule has 0 aliphatic carbocycles. The predicted molar refractivity (Wildman–Crippen MR) is 78.1 cm³/mol. The van der Waals surface area contributed by atoms with Crippen LogP contribution in [0.3, 0.4) is 0 Å². The van der Waals surface area contributed by atoms with Gasteiger partial charge in [0, 0.05) is 18.1 Å². The van der Waals surface area contributed by atoms with Crippen molar-refractivity contribution in [3.8, 4) is 22.9 Å². The Kier molecular flexibility index (Phi) is 3.23. The van der Waals surface area contributed by atoms with E-state index >= 15 is 0 Å². The van der Waals surface area contributed by atoms with Crippen LogP contribution in [0.25, 0.3) is 22.9 Å². The number of hydrogen-bond donors (Lipinski definition) is 0. The van der Waals surface area contributed by atoms with Gasteiger partial charge in [-0.15, -0.1) is 0 Å². The highest BCUT2D eigenvalue weighted by Crippen LogP contribution is 2.31.